The van der Waals surface area contributed by atoms with Crippen LogP contribution in [0.25, 0.3) is 0 Å². The number of anilines is 2. The molecule has 0 bridgehead atoms. The summed E-state index contributed by atoms with van der Waals surface area (Å²) in [5.41, 5.74) is 2.42. The maximum absolute atomic E-state index is 11.9. The van der Waals surface area contributed by atoms with Gasteiger partial charge in [-0.05, 0) is 55.0 Å². The summed E-state index contributed by atoms with van der Waals surface area (Å²) < 4.78 is 6.10. The van der Waals surface area contributed by atoms with Crippen molar-refractivity contribution in [2.24, 2.45) is 0 Å². The number of carbonyl (C=O) groups is 1. The quantitative estimate of drug-likeness (QED) is 0.873. The third-order valence-corrected chi connectivity index (χ3v) is 3.31. The Kier molecular flexibility index (Phi) is 4.63. The van der Waals surface area contributed by atoms with Gasteiger partial charge in [0.15, 0.2) is 0 Å². The molecule has 2 aromatic carbocycles. The van der Waals surface area contributed by atoms with Gasteiger partial charge in [0.05, 0.1) is 7.11 Å². The van der Waals surface area contributed by atoms with Crippen molar-refractivity contribution in [3.8, 4) is 5.75 Å². The lowest BCUT2D eigenvalue weighted by Gasteiger charge is -2.11. The highest BCUT2D eigenvalue weighted by atomic mass is 79.9. The van der Waals surface area contributed by atoms with E-state index in [1.165, 1.54) is 0 Å². The Morgan fingerprint density at radius 3 is 2.40 bits per heavy atom. The molecule has 2 amide bonds. The number of benzene rings is 2. The van der Waals surface area contributed by atoms with Gasteiger partial charge >= 0.3 is 6.03 Å². The van der Waals surface area contributed by atoms with E-state index >= 15 is 0 Å². The lowest BCUT2D eigenvalue weighted by Crippen LogP contribution is -2.19. The lowest BCUT2D eigenvalue weighted by atomic mass is 10.2. The topological polar surface area (TPSA) is 50.4 Å². The number of rotatable bonds is 3. The van der Waals surface area contributed by atoms with E-state index in [1.54, 1.807) is 7.11 Å². The molecule has 0 spiro atoms. The fourth-order valence-electron chi connectivity index (χ4n) is 1.72. The van der Waals surface area contributed by atoms with E-state index in [-0.39, 0.29) is 6.03 Å². The third kappa shape index (κ3) is 3.74. The van der Waals surface area contributed by atoms with Crippen molar-refractivity contribution in [3.05, 3.63) is 52.5 Å². The van der Waals surface area contributed by atoms with Crippen LogP contribution in [0.5, 0.6) is 5.75 Å². The third-order valence-electron chi connectivity index (χ3n) is 2.78. The van der Waals surface area contributed by atoms with Gasteiger partial charge < -0.3 is 15.4 Å². The SMILES string of the molecule is COc1ccc(NC(=O)Nc2ccc(Br)cc2)c(C)c1. The van der Waals surface area contributed by atoms with Crippen LogP contribution in [0.15, 0.2) is 46.9 Å². The van der Waals surface area contributed by atoms with Crippen LogP contribution < -0.4 is 15.4 Å². The van der Waals surface area contributed by atoms with Crippen molar-refractivity contribution in [3.63, 3.8) is 0 Å². The zero-order valence-corrected chi connectivity index (χ0v) is 12.8. The summed E-state index contributed by atoms with van der Waals surface area (Å²) in [6, 6.07) is 12.6. The molecule has 0 saturated heterocycles. The monoisotopic (exact) mass is 334 g/mol. The second-order valence-electron chi connectivity index (χ2n) is 4.27. The molecule has 5 heteroatoms. The van der Waals surface area contributed by atoms with Crippen LogP contribution in [-0.2, 0) is 0 Å². The van der Waals surface area contributed by atoms with E-state index < -0.39 is 0 Å². The number of hydrogen-bond donors (Lipinski definition) is 2. The molecule has 0 saturated carbocycles. The number of aryl methyl sites for hydroxylation is 1. The van der Waals surface area contributed by atoms with E-state index in [2.05, 4.69) is 26.6 Å². The van der Waals surface area contributed by atoms with Crippen LogP contribution in [0.1, 0.15) is 5.56 Å². The van der Waals surface area contributed by atoms with E-state index in [4.69, 9.17) is 4.74 Å². The Morgan fingerprint density at radius 1 is 1.10 bits per heavy atom. The second kappa shape index (κ2) is 6.43. The van der Waals surface area contributed by atoms with Gasteiger partial charge in [-0.2, -0.15) is 0 Å². The molecule has 20 heavy (non-hydrogen) atoms. The molecule has 0 aliphatic heterocycles. The first-order chi connectivity index (χ1) is 9.58. The minimum Gasteiger partial charge on any atom is -0.497 e. The normalized spacial score (nSPS) is 9.95. The Balaban J connectivity index is 2.02. The maximum atomic E-state index is 11.9. The number of urea groups is 1. The number of methoxy groups -OCH3 is 1. The zero-order chi connectivity index (χ0) is 14.5. The van der Waals surface area contributed by atoms with Gasteiger partial charge in [0.1, 0.15) is 5.75 Å². The molecule has 0 aromatic heterocycles. The van der Waals surface area contributed by atoms with E-state index in [0.29, 0.717) is 0 Å². The smallest absolute Gasteiger partial charge is 0.323 e. The minimum absolute atomic E-state index is 0.277. The van der Waals surface area contributed by atoms with Crippen LogP contribution in [0.3, 0.4) is 0 Å². The number of amides is 2. The summed E-state index contributed by atoms with van der Waals surface area (Å²) in [7, 11) is 1.61. The molecule has 0 fully saturated rings. The first kappa shape index (κ1) is 14.4. The fraction of sp³-hybridized carbons (Fsp3) is 0.133. The zero-order valence-electron chi connectivity index (χ0n) is 11.2. The van der Waals surface area contributed by atoms with Gasteiger partial charge in [-0.1, -0.05) is 15.9 Å². The van der Waals surface area contributed by atoms with Gasteiger partial charge in [-0.25, -0.2) is 4.79 Å². The first-order valence-corrected chi connectivity index (χ1v) is 6.86. The lowest BCUT2D eigenvalue weighted by molar-refractivity contribution is 0.262. The van der Waals surface area contributed by atoms with Crippen LogP contribution in [-0.4, -0.2) is 13.1 Å². The summed E-state index contributed by atoms with van der Waals surface area (Å²) in [4.78, 5) is 11.9. The van der Waals surface area contributed by atoms with Crippen molar-refractivity contribution in [2.75, 3.05) is 17.7 Å². The van der Waals surface area contributed by atoms with E-state index in [1.807, 2.05) is 49.4 Å². The molecule has 0 aliphatic rings. The van der Waals surface area contributed by atoms with E-state index in [9.17, 15) is 4.79 Å². The van der Waals surface area contributed by atoms with Gasteiger partial charge in [-0.15, -0.1) is 0 Å². The van der Waals surface area contributed by atoms with Crippen molar-refractivity contribution >= 4 is 33.3 Å². The van der Waals surface area contributed by atoms with Crippen molar-refractivity contribution in [1.82, 2.24) is 0 Å². The average Bonchev–Trinajstić information content (AvgIpc) is 2.43. The summed E-state index contributed by atoms with van der Waals surface area (Å²) in [6.45, 7) is 1.91. The molecule has 0 aliphatic carbocycles. The highest BCUT2D eigenvalue weighted by molar-refractivity contribution is 9.10. The Labute approximate surface area is 126 Å². The van der Waals surface area contributed by atoms with Crippen LogP contribution >= 0.6 is 15.9 Å². The molecule has 4 nitrogen and oxygen atoms in total. The summed E-state index contributed by atoms with van der Waals surface area (Å²) in [5, 5.41) is 5.58. The number of ether oxygens (including phenoxy) is 1. The van der Waals surface area contributed by atoms with Gasteiger partial charge in [0.2, 0.25) is 0 Å². The molecular weight excluding hydrogens is 320 g/mol. The predicted molar refractivity (Wildman–Crippen MR) is 84.5 cm³/mol. The molecule has 2 rings (SSSR count). The van der Waals surface area contributed by atoms with Crippen molar-refractivity contribution in [1.29, 1.82) is 0 Å². The summed E-state index contributed by atoms with van der Waals surface area (Å²) in [6.07, 6.45) is 0. The van der Waals surface area contributed by atoms with Crippen molar-refractivity contribution in [2.45, 2.75) is 6.92 Å². The number of nitrogens with one attached hydrogen (secondary N) is 2. The van der Waals surface area contributed by atoms with Gasteiger partial charge in [0, 0.05) is 15.8 Å². The standard InChI is InChI=1S/C15H15BrN2O2/c1-10-9-13(20-2)7-8-14(10)18-15(19)17-12-5-3-11(16)4-6-12/h3-9H,1-2H3,(H2,17,18,19). The van der Waals surface area contributed by atoms with Crippen molar-refractivity contribution < 1.29 is 9.53 Å². The fourth-order valence-corrected chi connectivity index (χ4v) is 1.99. The molecule has 0 atom stereocenters. The molecule has 0 unspecified atom stereocenters. The van der Waals surface area contributed by atoms with Crippen LogP contribution in [0.2, 0.25) is 0 Å². The molecule has 2 N–H and O–H groups in total. The maximum Gasteiger partial charge on any atom is 0.323 e. The Hall–Kier alpha value is -2.01. The molecule has 0 heterocycles. The first-order valence-electron chi connectivity index (χ1n) is 6.06. The Morgan fingerprint density at radius 2 is 1.80 bits per heavy atom. The van der Waals surface area contributed by atoms with Gasteiger partial charge in [0.25, 0.3) is 0 Å². The molecule has 0 radical (unpaired) electrons. The molecule has 2 aromatic rings. The number of carbonyl (C=O) groups excluding carboxylic acids is 1. The Bertz CT molecular complexity index is 612. The molecular formula is C15H15BrN2O2. The van der Waals surface area contributed by atoms with Crippen LogP contribution in [0.4, 0.5) is 16.2 Å². The second-order valence-corrected chi connectivity index (χ2v) is 5.18. The summed E-state index contributed by atoms with van der Waals surface area (Å²) in [5.74, 6) is 0.765. The van der Waals surface area contributed by atoms with E-state index in [0.717, 1.165) is 27.2 Å². The minimum atomic E-state index is -0.277. The largest absolute Gasteiger partial charge is 0.497 e. The molecule has 104 valence electrons. The number of halogens is 1. The van der Waals surface area contributed by atoms with Gasteiger partial charge in [-0.3, -0.25) is 0 Å². The predicted octanol–water partition coefficient (Wildman–Crippen LogP) is 4.41. The van der Waals surface area contributed by atoms with Crippen LogP contribution in [0, 0.1) is 6.92 Å². The highest BCUT2D eigenvalue weighted by Gasteiger charge is 2.05. The number of hydrogen-bond acceptors (Lipinski definition) is 2. The summed E-state index contributed by atoms with van der Waals surface area (Å²) >= 11 is 3.35. The highest BCUT2D eigenvalue weighted by Crippen LogP contribution is 2.21. The average molecular weight is 335 g/mol.